The minimum atomic E-state index is -0.354. The summed E-state index contributed by atoms with van der Waals surface area (Å²) in [4.78, 5) is 12.4. The number of rotatable bonds is 2. The van der Waals surface area contributed by atoms with Crippen molar-refractivity contribution in [2.24, 2.45) is 0 Å². The van der Waals surface area contributed by atoms with Gasteiger partial charge in [0.25, 0.3) is 5.91 Å². The molecule has 1 N–H and O–H groups in total. The highest BCUT2D eigenvalue weighted by molar-refractivity contribution is 6.35. The van der Waals surface area contributed by atoms with Gasteiger partial charge in [0.15, 0.2) is 5.76 Å². The number of anilines is 1. The van der Waals surface area contributed by atoms with Crippen LogP contribution in [-0.2, 0) is 0 Å². The minimum Gasteiger partial charge on any atom is -0.451 e. The van der Waals surface area contributed by atoms with E-state index in [9.17, 15) is 4.79 Å². The lowest BCUT2D eigenvalue weighted by Crippen LogP contribution is -2.12. The smallest absolute Gasteiger partial charge is 0.291 e. The van der Waals surface area contributed by atoms with Gasteiger partial charge in [0.1, 0.15) is 5.58 Å². The molecule has 3 nitrogen and oxygen atoms in total. The summed E-state index contributed by atoms with van der Waals surface area (Å²) < 4.78 is 5.61. The Bertz CT molecular complexity index is 839. The third-order valence-corrected chi connectivity index (χ3v) is 3.79. The zero-order chi connectivity index (χ0) is 15.0. The molecule has 0 aliphatic rings. The zero-order valence-electron chi connectivity index (χ0n) is 11.1. The molecule has 0 radical (unpaired) electrons. The molecular weight excluding hydrogens is 309 g/mol. The van der Waals surface area contributed by atoms with Crippen molar-refractivity contribution in [1.82, 2.24) is 0 Å². The molecule has 106 valence electrons. The van der Waals surface area contributed by atoms with Crippen LogP contribution in [0.2, 0.25) is 10.0 Å². The molecular formula is C16H11Cl2NO2. The van der Waals surface area contributed by atoms with E-state index in [0.717, 1.165) is 10.9 Å². The SMILES string of the molecule is Cc1c(C(=O)Nc2cc(Cl)ccc2Cl)oc2ccccc12. The van der Waals surface area contributed by atoms with Crippen LogP contribution in [0.4, 0.5) is 5.69 Å². The van der Waals surface area contributed by atoms with Crippen molar-refractivity contribution in [3.63, 3.8) is 0 Å². The largest absolute Gasteiger partial charge is 0.451 e. The third kappa shape index (κ3) is 2.62. The molecule has 2 aromatic carbocycles. The Morgan fingerprint density at radius 1 is 1.14 bits per heavy atom. The maximum Gasteiger partial charge on any atom is 0.291 e. The molecule has 0 unspecified atom stereocenters. The Kier molecular flexibility index (Phi) is 3.62. The van der Waals surface area contributed by atoms with E-state index in [1.54, 1.807) is 18.2 Å². The van der Waals surface area contributed by atoms with Crippen LogP contribution in [0.3, 0.4) is 0 Å². The van der Waals surface area contributed by atoms with Crippen LogP contribution in [0.1, 0.15) is 16.1 Å². The van der Waals surface area contributed by atoms with Gasteiger partial charge in [-0.15, -0.1) is 0 Å². The first kappa shape index (κ1) is 14.0. The number of benzene rings is 2. The summed E-state index contributed by atoms with van der Waals surface area (Å²) >= 11 is 12.0. The number of hydrogen-bond donors (Lipinski definition) is 1. The van der Waals surface area contributed by atoms with Gasteiger partial charge >= 0.3 is 0 Å². The molecule has 5 heteroatoms. The first-order valence-electron chi connectivity index (χ1n) is 6.31. The maximum absolute atomic E-state index is 12.4. The molecule has 0 aliphatic heterocycles. The molecule has 0 atom stereocenters. The molecule has 1 amide bonds. The average molecular weight is 320 g/mol. The second-order valence-corrected chi connectivity index (χ2v) is 5.47. The van der Waals surface area contributed by atoms with Gasteiger partial charge in [0, 0.05) is 16.0 Å². The summed E-state index contributed by atoms with van der Waals surface area (Å²) in [5, 5.41) is 4.55. The van der Waals surface area contributed by atoms with Crippen LogP contribution >= 0.6 is 23.2 Å². The lowest BCUT2D eigenvalue weighted by Gasteiger charge is -2.06. The number of amides is 1. The summed E-state index contributed by atoms with van der Waals surface area (Å²) in [6.45, 7) is 1.85. The Balaban J connectivity index is 1.97. The highest BCUT2D eigenvalue weighted by atomic mass is 35.5. The van der Waals surface area contributed by atoms with E-state index < -0.39 is 0 Å². The van der Waals surface area contributed by atoms with E-state index in [1.165, 1.54) is 0 Å². The number of nitrogens with one attached hydrogen (secondary N) is 1. The zero-order valence-corrected chi connectivity index (χ0v) is 12.6. The van der Waals surface area contributed by atoms with Gasteiger partial charge in [-0.3, -0.25) is 4.79 Å². The molecule has 0 saturated heterocycles. The van der Waals surface area contributed by atoms with E-state index in [-0.39, 0.29) is 11.7 Å². The molecule has 3 aromatic rings. The quantitative estimate of drug-likeness (QED) is 0.696. The van der Waals surface area contributed by atoms with Crippen molar-refractivity contribution >= 4 is 45.8 Å². The number of para-hydroxylation sites is 1. The standard InChI is InChI=1S/C16H11Cl2NO2/c1-9-11-4-2-3-5-14(11)21-15(9)16(20)19-13-8-10(17)6-7-12(13)18/h2-8H,1H3,(H,19,20). The van der Waals surface area contributed by atoms with Gasteiger partial charge in [-0.2, -0.15) is 0 Å². The first-order chi connectivity index (χ1) is 10.1. The maximum atomic E-state index is 12.4. The van der Waals surface area contributed by atoms with E-state index in [1.807, 2.05) is 31.2 Å². The molecule has 0 bridgehead atoms. The lowest BCUT2D eigenvalue weighted by atomic mass is 10.1. The number of hydrogen-bond acceptors (Lipinski definition) is 2. The van der Waals surface area contributed by atoms with Gasteiger partial charge in [0.2, 0.25) is 0 Å². The van der Waals surface area contributed by atoms with Crippen LogP contribution in [0.25, 0.3) is 11.0 Å². The number of carbonyl (C=O) groups excluding carboxylic acids is 1. The summed E-state index contributed by atoms with van der Waals surface area (Å²) in [6, 6.07) is 12.4. The van der Waals surface area contributed by atoms with Crippen LogP contribution in [0.5, 0.6) is 0 Å². The Hall–Kier alpha value is -1.97. The third-order valence-electron chi connectivity index (χ3n) is 3.23. The van der Waals surface area contributed by atoms with Gasteiger partial charge in [-0.25, -0.2) is 0 Å². The van der Waals surface area contributed by atoms with Crippen molar-refractivity contribution in [2.75, 3.05) is 5.32 Å². The molecule has 0 aliphatic carbocycles. The molecule has 1 heterocycles. The lowest BCUT2D eigenvalue weighted by molar-refractivity contribution is 0.0998. The van der Waals surface area contributed by atoms with E-state index in [4.69, 9.17) is 27.6 Å². The Morgan fingerprint density at radius 3 is 2.67 bits per heavy atom. The fraction of sp³-hybridized carbons (Fsp3) is 0.0625. The molecule has 1 aromatic heterocycles. The normalized spacial score (nSPS) is 10.8. The monoisotopic (exact) mass is 319 g/mol. The molecule has 21 heavy (non-hydrogen) atoms. The summed E-state index contributed by atoms with van der Waals surface area (Å²) in [5.74, 6) is -0.0832. The average Bonchev–Trinajstić information content (AvgIpc) is 2.81. The van der Waals surface area contributed by atoms with Crippen LogP contribution in [0.15, 0.2) is 46.9 Å². The van der Waals surface area contributed by atoms with E-state index in [2.05, 4.69) is 5.32 Å². The van der Waals surface area contributed by atoms with Gasteiger partial charge < -0.3 is 9.73 Å². The first-order valence-corrected chi connectivity index (χ1v) is 7.06. The summed E-state index contributed by atoms with van der Waals surface area (Å²) in [7, 11) is 0. The van der Waals surface area contributed by atoms with Crippen molar-refractivity contribution in [3.8, 4) is 0 Å². The van der Waals surface area contributed by atoms with Crippen LogP contribution < -0.4 is 5.32 Å². The van der Waals surface area contributed by atoms with Gasteiger partial charge in [-0.1, -0.05) is 41.4 Å². The van der Waals surface area contributed by atoms with Crippen LogP contribution in [0, 0.1) is 6.92 Å². The number of aryl methyl sites for hydroxylation is 1. The Labute approximate surface area is 131 Å². The van der Waals surface area contributed by atoms with Crippen molar-refractivity contribution in [2.45, 2.75) is 6.92 Å². The van der Waals surface area contributed by atoms with Crippen molar-refractivity contribution < 1.29 is 9.21 Å². The second kappa shape index (κ2) is 5.43. The highest BCUT2D eigenvalue weighted by Gasteiger charge is 2.18. The fourth-order valence-corrected chi connectivity index (χ4v) is 2.50. The number of fused-ring (bicyclic) bond motifs is 1. The molecule has 0 saturated carbocycles. The van der Waals surface area contributed by atoms with Gasteiger partial charge in [0.05, 0.1) is 10.7 Å². The van der Waals surface area contributed by atoms with Crippen molar-refractivity contribution in [3.05, 3.63) is 63.8 Å². The predicted octanol–water partition coefficient (Wildman–Crippen LogP) is 5.30. The minimum absolute atomic E-state index is 0.271. The molecule has 0 spiro atoms. The number of furan rings is 1. The summed E-state index contributed by atoms with van der Waals surface area (Å²) in [5.41, 5.74) is 1.92. The number of halogens is 2. The predicted molar refractivity (Wildman–Crippen MR) is 85.4 cm³/mol. The van der Waals surface area contributed by atoms with E-state index >= 15 is 0 Å². The van der Waals surface area contributed by atoms with Crippen LogP contribution in [-0.4, -0.2) is 5.91 Å². The van der Waals surface area contributed by atoms with Gasteiger partial charge in [-0.05, 0) is 31.2 Å². The number of carbonyl (C=O) groups is 1. The second-order valence-electron chi connectivity index (χ2n) is 4.63. The molecule has 0 fully saturated rings. The topological polar surface area (TPSA) is 42.2 Å². The highest BCUT2D eigenvalue weighted by Crippen LogP contribution is 2.28. The van der Waals surface area contributed by atoms with E-state index in [0.29, 0.717) is 21.3 Å². The summed E-state index contributed by atoms with van der Waals surface area (Å²) in [6.07, 6.45) is 0. The Morgan fingerprint density at radius 2 is 1.90 bits per heavy atom. The fourth-order valence-electron chi connectivity index (χ4n) is 2.16. The molecule has 3 rings (SSSR count). The van der Waals surface area contributed by atoms with Crippen molar-refractivity contribution in [1.29, 1.82) is 0 Å².